The normalized spacial score (nSPS) is 11.5. The molecule has 0 aliphatic carbocycles. The Morgan fingerprint density at radius 1 is 1.17 bits per heavy atom. The molecule has 8 heteroatoms. The first-order valence-corrected chi connectivity index (χ1v) is 7.60. The van der Waals surface area contributed by atoms with Crippen LogP contribution < -0.4 is 16.1 Å². The van der Waals surface area contributed by atoms with Crippen molar-refractivity contribution in [1.29, 1.82) is 0 Å². The Morgan fingerprint density at radius 3 is 2.42 bits per heavy atom. The van der Waals surface area contributed by atoms with Crippen LogP contribution >= 0.6 is 0 Å². The van der Waals surface area contributed by atoms with E-state index in [1.807, 2.05) is 44.2 Å². The Morgan fingerprint density at radius 2 is 1.83 bits per heavy atom. The number of benzene rings is 1. The number of carbonyl (C=O) groups excluding carboxylic acids is 3. The van der Waals surface area contributed by atoms with Gasteiger partial charge in [-0.1, -0.05) is 44.2 Å². The standard InChI is InChI=1S/C16H23N3O5/c1-11(2)8-13(15(21)19-23)18-14(20)9-17-16(22)24-10-12-6-4-3-5-7-12/h3-7,11,13,23H,8-10H2,1-2H3,(H,17,22)(H,18,20)(H,19,21)/t13-/m0/s1. The van der Waals surface area contributed by atoms with Gasteiger partial charge in [0.25, 0.3) is 5.91 Å². The zero-order valence-electron chi connectivity index (χ0n) is 13.7. The molecule has 3 amide bonds. The second-order valence-electron chi connectivity index (χ2n) is 5.64. The maximum Gasteiger partial charge on any atom is 0.407 e. The molecule has 1 aromatic carbocycles. The van der Waals surface area contributed by atoms with E-state index in [0.717, 1.165) is 5.56 Å². The molecule has 4 N–H and O–H groups in total. The molecule has 0 radical (unpaired) electrons. The van der Waals surface area contributed by atoms with Crippen molar-refractivity contribution in [3.05, 3.63) is 35.9 Å². The summed E-state index contributed by atoms with van der Waals surface area (Å²) in [5, 5.41) is 13.4. The number of rotatable bonds is 8. The van der Waals surface area contributed by atoms with Crippen molar-refractivity contribution in [2.75, 3.05) is 6.54 Å². The van der Waals surface area contributed by atoms with E-state index < -0.39 is 23.9 Å². The van der Waals surface area contributed by atoms with E-state index in [0.29, 0.717) is 6.42 Å². The second kappa shape index (κ2) is 10.2. The lowest BCUT2D eigenvalue weighted by molar-refractivity contribution is -0.134. The first kappa shape index (κ1) is 19.4. The minimum Gasteiger partial charge on any atom is -0.445 e. The molecule has 1 aromatic rings. The number of hydrogen-bond donors (Lipinski definition) is 4. The fourth-order valence-electron chi connectivity index (χ4n) is 1.95. The maximum atomic E-state index is 11.8. The van der Waals surface area contributed by atoms with Gasteiger partial charge in [0, 0.05) is 0 Å². The van der Waals surface area contributed by atoms with E-state index in [9.17, 15) is 14.4 Å². The number of hydrogen-bond acceptors (Lipinski definition) is 5. The topological polar surface area (TPSA) is 117 Å². The van der Waals surface area contributed by atoms with E-state index in [-0.39, 0.29) is 19.1 Å². The quantitative estimate of drug-likeness (QED) is 0.416. The molecule has 0 saturated carbocycles. The van der Waals surface area contributed by atoms with Crippen LogP contribution in [-0.2, 0) is 20.9 Å². The molecule has 8 nitrogen and oxygen atoms in total. The average Bonchev–Trinajstić information content (AvgIpc) is 2.57. The summed E-state index contributed by atoms with van der Waals surface area (Å²) in [5.74, 6) is -1.12. The fraction of sp³-hybridized carbons (Fsp3) is 0.438. The van der Waals surface area contributed by atoms with Crippen LogP contribution in [0, 0.1) is 5.92 Å². The predicted molar refractivity (Wildman–Crippen MR) is 85.9 cm³/mol. The number of carbonyl (C=O) groups is 3. The average molecular weight is 337 g/mol. The summed E-state index contributed by atoms with van der Waals surface area (Å²) in [6.07, 6.45) is -0.377. The van der Waals surface area contributed by atoms with Crippen molar-refractivity contribution in [3.63, 3.8) is 0 Å². The SMILES string of the molecule is CC(C)C[C@H](NC(=O)CNC(=O)OCc1ccccc1)C(=O)NO. The Hall–Kier alpha value is -2.61. The molecule has 0 unspecified atom stereocenters. The fourth-order valence-corrected chi connectivity index (χ4v) is 1.95. The van der Waals surface area contributed by atoms with Crippen molar-refractivity contribution in [1.82, 2.24) is 16.1 Å². The van der Waals surface area contributed by atoms with Gasteiger partial charge in [-0.2, -0.15) is 0 Å². The number of alkyl carbamates (subject to hydrolysis) is 1. The van der Waals surface area contributed by atoms with Crippen molar-refractivity contribution >= 4 is 17.9 Å². The van der Waals surface area contributed by atoms with E-state index >= 15 is 0 Å². The Bertz CT molecular complexity index is 548. The van der Waals surface area contributed by atoms with Gasteiger partial charge in [-0.3, -0.25) is 14.8 Å². The maximum absolute atomic E-state index is 11.8. The summed E-state index contributed by atoms with van der Waals surface area (Å²) in [7, 11) is 0. The lowest BCUT2D eigenvalue weighted by Gasteiger charge is -2.18. The van der Waals surface area contributed by atoms with Crippen LogP contribution in [0.2, 0.25) is 0 Å². The molecule has 0 aliphatic heterocycles. The number of nitrogens with one attached hydrogen (secondary N) is 3. The Labute approximate surface area is 140 Å². The van der Waals surface area contributed by atoms with Gasteiger partial charge < -0.3 is 15.4 Å². The summed E-state index contributed by atoms with van der Waals surface area (Å²) in [5.41, 5.74) is 2.34. The predicted octanol–water partition coefficient (Wildman–Crippen LogP) is 0.949. The summed E-state index contributed by atoms with van der Waals surface area (Å²) < 4.78 is 4.97. The van der Waals surface area contributed by atoms with Gasteiger partial charge in [-0.25, -0.2) is 10.3 Å². The zero-order valence-corrected chi connectivity index (χ0v) is 13.7. The van der Waals surface area contributed by atoms with Crippen molar-refractivity contribution in [2.24, 2.45) is 5.92 Å². The second-order valence-corrected chi connectivity index (χ2v) is 5.64. The summed E-state index contributed by atoms with van der Waals surface area (Å²) >= 11 is 0. The Balaban J connectivity index is 2.35. The molecule has 0 saturated heterocycles. The highest BCUT2D eigenvalue weighted by Gasteiger charge is 2.21. The van der Waals surface area contributed by atoms with Crippen LogP contribution in [0.4, 0.5) is 4.79 Å². The van der Waals surface area contributed by atoms with Gasteiger partial charge in [0.1, 0.15) is 19.2 Å². The van der Waals surface area contributed by atoms with Crippen molar-refractivity contribution in [3.8, 4) is 0 Å². The molecule has 0 spiro atoms. The number of hydroxylamine groups is 1. The highest BCUT2D eigenvalue weighted by Crippen LogP contribution is 2.04. The molecule has 132 valence electrons. The van der Waals surface area contributed by atoms with Crippen LogP contribution in [0.3, 0.4) is 0 Å². The lowest BCUT2D eigenvalue weighted by Crippen LogP contribution is -2.49. The largest absolute Gasteiger partial charge is 0.445 e. The van der Waals surface area contributed by atoms with Crippen LogP contribution in [-0.4, -0.2) is 35.7 Å². The highest BCUT2D eigenvalue weighted by molar-refractivity contribution is 5.88. The smallest absolute Gasteiger partial charge is 0.407 e. The van der Waals surface area contributed by atoms with Gasteiger partial charge in [0.05, 0.1) is 0 Å². The van der Waals surface area contributed by atoms with Gasteiger partial charge in [-0.05, 0) is 17.9 Å². The molecule has 24 heavy (non-hydrogen) atoms. The zero-order chi connectivity index (χ0) is 17.9. The monoisotopic (exact) mass is 337 g/mol. The third-order valence-electron chi connectivity index (χ3n) is 3.08. The van der Waals surface area contributed by atoms with E-state index in [1.165, 1.54) is 5.48 Å². The molecule has 0 fully saturated rings. The van der Waals surface area contributed by atoms with Crippen molar-refractivity contribution in [2.45, 2.75) is 32.9 Å². The Kier molecular flexibility index (Phi) is 8.28. The molecular formula is C16H23N3O5. The van der Waals surface area contributed by atoms with Gasteiger partial charge in [0.2, 0.25) is 5.91 Å². The minimum atomic E-state index is -0.871. The third-order valence-corrected chi connectivity index (χ3v) is 3.08. The molecule has 0 bridgehead atoms. The molecule has 0 aromatic heterocycles. The molecule has 1 atom stereocenters. The van der Waals surface area contributed by atoms with Gasteiger partial charge in [0.15, 0.2) is 0 Å². The molecule has 0 heterocycles. The van der Waals surface area contributed by atoms with E-state index in [2.05, 4.69) is 10.6 Å². The lowest BCUT2D eigenvalue weighted by atomic mass is 10.0. The first-order valence-electron chi connectivity index (χ1n) is 7.60. The van der Waals surface area contributed by atoms with Gasteiger partial charge >= 0.3 is 6.09 Å². The van der Waals surface area contributed by atoms with Crippen LogP contribution in [0.1, 0.15) is 25.8 Å². The van der Waals surface area contributed by atoms with Crippen LogP contribution in [0.25, 0.3) is 0 Å². The molecule has 0 aliphatic rings. The highest BCUT2D eigenvalue weighted by atomic mass is 16.5. The van der Waals surface area contributed by atoms with Gasteiger partial charge in [-0.15, -0.1) is 0 Å². The third kappa shape index (κ3) is 7.59. The van der Waals surface area contributed by atoms with E-state index in [4.69, 9.17) is 9.94 Å². The minimum absolute atomic E-state index is 0.0944. The number of amides is 3. The summed E-state index contributed by atoms with van der Waals surface area (Å²) in [6, 6.07) is 8.25. The van der Waals surface area contributed by atoms with Crippen LogP contribution in [0.15, 0.2) is 30.3 Å². The van der Waals surface area contributed by atoms with E-state index in [1.54, 1.807) is 0 Å². The summed E-state index contributed by atoms with van der Waals surface area (Å²) in [4.78, 5) is 34.8. The van der Waals surface area contributed by atoms with Crippen molar-refractivity contribution < 1.29 is 24.3 Å². The summed E-state index contributed by atoms with van der Waals surface area (Å²) in [6.45, 7) is 3.52. The number of ether oxygens (including phenoxy) is 1. The molecule has 1 rings (SSSR count). The van der Waals surface area contributed by atoms with Crippen LogP contribution in [0.5, 0.6) is 0 Å². The first-order chi connectivity index (χ1) is 11.4. The molecular weight excluding hydrogens is 314 g/mol.